The van der Waals surface area contributed by atoms with Crippen LogP contribution in [0.5, 0.6) is 5.75 Å². The van der Waals surface area contributed by atoms with E-state index in [0.29, 0.717) is 18.1 Å². The molecule has 0 fully saturated rings. The van der Waals surface area contributed by atoms with E-state index in [4.69, 9.17) is 16.3 Å². The fraction of sp³-hybridized carbons (Fsp3) is 0.647. The molecule has 120 valence electrons. The highest BCUT2D eigenvalue weighted by molar-refractivity contribution is 6.31. The minimum atomic E-state index is -0.742. The molecule has 1 aromatic rings. The average Bonchev–Trinajstić information content (AvgIpc) is 2.45. The molecular formula is C17H27ClO3. The Balaban J connectivity index is 3.08. The first-order valence-electron chi connectivity index (χ1n) is 7.69. The molecule has 3 atom stereocenters. The van der Waals surface area contributed by atoms with Gasteiger partial charge in [-0.3, -0.25) is 0 Å². The van der Waals surface area contributed by atoms with E-state index in [1.807, 2.05) is 19.1 Å². The van der Waals surface area contributed by atoms with Crippen molar-refractivity contribution in [1.82, 2.24) is 0 Å². The molecule has 0 bridgehead atoms. The van der Waals surface area contributed by atoms with E-state index in [-0.39, 0.29) is 5.92 Å². The minimum absolute atomic E-state index is 0.111. The van der Waals surface area contributed by atoms with Gasteiger partial charge >= 0.3 is 0 Å². The molecule has 0 amide bonds. The molecule has 3 nitrogen and oxygen atoms in total. The molecular weight excluding hydrogens is 288 g/mol. The maximum Gasteiger partial charge on any atom is 0.123 e. The van der Waals surface area contributed by atoms with Gasteiger partial charge in [0.25, 0.3) is 0 Å². The third-order valence-electron chi connectivity index (χ3n) is 3.77. The molecule has 0 saturated heterocycles. The molecule has 0 aromatic heterocycles. The number of hydrogen-bond acceptors (Lipinski definition) is 3. The van der Waals surface area contributed by atoms with Crippen LogP contribution in [0.2, 0.25) is 5.02 Å². The minimum Gasteiger partial charge on any atom is -0.493 e. The number of benzene rings is 1. The first kappa shape index (κ1) is 18.3. The second-order valence-corrected chi connectivity index (χ2v) is 6.04. The van der Waals surface area contributed by atoms with Gasteiger partial charge in [-0.1, -0.05) is 25.4 Å². The van der Waals surface area contributed by atoms with Crippen LogP contribution < -0.4 is 4.74 Å². The lowest BCUT2D eigenvalue weighted by Gasteiger charge is -2.24. The van der Waals surface area contributed by atoms with Crippen molar-refractivity contribution in [2.75, 3.05) is 6.61 Å². The van der Waals surface area contributed by atoms with Crippen molar-refractivity contribution in [3.05, 3.63) is 28.3 Å². The van der Waals surface area contributed by atoms with Crippen molar-refractivity contribution in [1.29, 1.82) is 0 Å². The van der Waals surface area contributed by atoms with Crippen LogP contribution in [-0.2, 0) is 0 Å². The zero-order valence-corrected chi connectivity index (χ0v) is 14.2. The smallest absolute Gasteiger partial charge is 0.123 e. The Morgan fingerprint density at radius 3 is 2.43 bits per heavy atom. The van der Waals surface area contributed by atoms with Gasteiger partial charge in [0.05, 0.1) is 18.8 Å². The Hall–Kier alpha value is -0.770. The summed E-state index contributed by atoms with van der Waals surface area (Å²) in [4.78, 5) is 0. The predicted octanol–water partition coefficient (Wildman–Crippen LogP) is 4.06. The van der Waals surface area contributed by atoms with Gasteiger partial charge in [0.1, 0.15) is 5.75 Å². The lowest BCUT2D eigenvalue weighted by Crippen LogP contribution is -2.25. The van der Waals surface area contributed by atoms with Crippen LogP contribution in [-0.4, -0.2) is 29.0 Å². The predicted molar refractivity (Wildman–Crippen MR) is 87.3 cm³/mol. The van der Waals surface area contributed by atoms with Crippen LogP contribution in [0.25, 0.3) is 0 Å². The topological polar surface area (TPSA) is 49.7 Å². The van der Waals surface area contributed by atoms with Crippen LogP contribution in [0, 0.1) is 6.92 Å². The first-order valence-corrected chi connectivity index (χ1v) is 8.07. The molecule has 0 radical (unpaired) electrons. The number of aliphatic hydroxyl groups excluding tert-OH is 2. The number of hydrogen-bond donors (Lipinski definition) is 2. The van der Waals surface area contributed by atoms with E-state index in [0.717, 1.165) is 29.7 Å². The Kier molecular flexibility index (Phi) is 7.50. The maximum atomic E-state index is 9.96. The SMILES string of the molecule is CCCOc1cc(C)c(Cl)cc1C(CC)CC(O)C(C)O. The number of aryl methyl sites for hydroxylation is 1. The lowest BCUT2D eigenvalue weighted by atomic mass is 9.88. The van der Waals surface area contributed by atoms with Gasteiger partial charge in [-0.05, 0) is 62.3 Å². The molecule has 21 heavy (non-hydrogen) atoms. The van der Waals surface area contributed by atoms with Crippen LogP contribution >= 0.6 is 11.6 Å². The Labute approximate surface area is 132 Å². The fourth-order valence-corrected chi connectivity index (χ4v) is 2.50. The van der Waals surface area contributed by atoms with E-state index in [9.17, 15) is 10.2 Å². The molecule has 0 aliphatic rings. The van der Waals surface area contributed by atoms with Crippen molar-refractivity contribution in [3.8, 4) is 5.75 Å². The van der Waals surface area contributed by atoms with Crippen molar-refractivity contribution in [3.63, 3.8) is 0 Å². The van der Waals surface area contributed by atoms with Crippen LogP contribution in [0.15, 0.2) is 12.1 Å². The van der Waals surface area contributed by atoms with Crippen molar-refractivity contribution >= 4 is 11.6 Å². The van der Waals surface area contributed by atoms with Crippen molar-refractivity contribution in [2.24, 2.45) is 0 Å². The molecule has 1 rings (SSSR count). The molecule has 2 N–H and O–H groups in total. The zero-order valence-electron chi connectivity index (χ0n) is 13.4. The summed E-state index contributed by atoms with van der Waals surface area (Å²) in [6.07, 6.45) is 0.810. The van der Waals surface area contributed by atoms with Crippen molar-refractivity contribution < 1.29 is 14.9 Å². The second kappa shape index (κ2) is 8.62. The lowest BCUT2D eigenvalue weighted by molar-refractivity contribution is 0.0213. The van der Waals surface area contributed by atoms with Crippen molar-refractivity contribution in [2.45, 2.75) is 65.1 Å². The van der Waals surface area contributed by atoms with Gasteiger partial charge in [-0.15, -0.1) is 0 Å². The number of halogens is 1. The summed E-state index contributed by atoms with van der Waals surface area (Å²) in [5.41, 5.74) is 2.00. The van der Waals surface area contributed by atoms with Gasteiger partial charge in [0.2, 0.25) is 0 Å². The summed E-state index contributed by atoms with van der Waals surface area (Å²) in [6, 6.07) is 3.90. The molecule has 4 heteroatoms. The van der Waals surface area contributed by atoms with E-state index in [1.165, 1.54) is 0 Å². The molecule has 0 aliphatic heterocycles. The quantitative estimate of drug-likeness (QED) is 0.760. The van der Waals surface area contributed by atoms with E-state index < -0.39 is 12.2 Å². The van der Waals surface area contributed by atoms with Gasteiger partial charge < -0.3 is 14.9 Å². The monoisotopic (exact) mass is 314 g/mol. The standard InChI is InChI=1S/C17H27ClO3/c1-5-7-21-17-8-11(3)15(18)10-14(17)13(6-2)9-16(20)12(4)19/h8,10,12-13,16,19-20H,5-7,9H2,1-4H3. The Bertz CT molecular complexity index is 446. The molecule has 0 aliphatic carbocycles. The summed E-state index contributed by atoms with van der Waals surface area (Å²) >= 11 is 6.25. The average molecular weight is 315 g/mol. The third kappa shape index (κ3) is 5.17. The molecule has 0 saturated carbocycles. The van der Waals surface area contributed by atoms with Gasteiger partial charge in [0, 0.05) is 5.02 Å². The molecule has 1 aromatic carbocycles. The number of ether oxygens (including phenoxy) is 1. The van der Waals surface area contributed by atoms with Crippen LogP contribution in [0.4, 0.5) is 0 Å². The largest absolute Gasteiger partial charge is 0.493 e. The van der Waals surface area contributed by atoms with Gasteiger partial charge in [-0.2, -0.15) is 0 Å². The van der Waals surface area contributed by atoms with E-state index in [2.05, 4.69) is 13.8 Å². The first-order chi connectivity index (χ1) is 9.90. The zero-order chi connectivity index (χ0) is 16.0. The summed E-state index contributed by atoms with van der Waals surface area (Å²) in [6.45, 7) is 8.35. The molecule has 0 spiro atoms. The van der Waals surface area contributed by atoms with E-state index >= 15 is 0 Å². The summed E-state index contributed by atoms with van der Waals surface area (Å²) in [7, 11) is 0. The van der Waals surface area contributed by atoms with Crippen LogP contribution in [0.3, 0.4) is 0 Å². The number of aliphatic hydroxyl groups is 2. The second-order valence-electron chi connectivity index (χ2n) is 5.64. The highest BCUT2D eigenvalue weighted by Crippen LogP contribution is 2.36. The summed E-state index contributed by atoms with van der Waals surface area (Å²) in [5.74, 6) is 0.947. The van der Waals surface area contributed by atoms with Gasteiger partial charge in [0.15, 0.2) is 0 Å². The highest BCUT2D eigenvalue weighted by atomic mass is 35.5. The molecule has 3 unspecified atom stereocenters. The number of rotatable bonds is 8. The third-order valence-corrected chi connectivity index (χ3v) is 4.18. The Morgan fingerprint density at radius 1 is 1.24 bits per heavy atom. The normalized spacial score (nSPS) is 15.6. The Morgan fingerprint density at radius 2 is 1.90 bits per heavy atom. The van der Waals surface area contributed by atoms with Crippen LogP contribution in [0.1, 0.15) is 57.1 Å². The fourth-order valence-electron chi connectivity index (χ4n) is 2.33. The highest BCUT2D eigenvalue weighted by Gasteiger charge is 2.22. The van der Waals surface area contributed by atoms with Gasteiger partial charge in [-0.25, -0.2) is 0 Å². The summed E-state index contributed by atoms with van der Waals surface area (Å²) < 4.78 is 5.84. The summed E-state index contributed by atoms with van der Waals surface area (Å²) in [5, 5.41) is 20.2. The maximum absolute atomic E-state index is 9.96. The molecule has 0 heterocycles. The van der Waals surface area contributed by atoms with E-state index in [1.54, 1.807) is 6.92 Å².